The molecule has 1 aliphatic rings. The van der Waals surface area contributed by atoms with E-state index in [1.165, 1.54) is 5.56 Å². The lowest BCUT2D eigenvalue weighted by Gasteiger charge is -2.12. The van der Waals surface area contributed by atoms with Crippen molar-refractivity contribution >= 4 is 11.9 Å². The second-order valence-corrected chi connectivity index (χ2v) is 4.59. The Labute approximate surface area is 97.2 Å². The quantitative estimate of drug-likeness (QED) is 0.749. The highest BCUT2D eigenvalue weighted by molar-refractivity contribution is 5.83. The molecule has 1 saturated carbocycles. The predicted molar refractivity (Wildman–Crippen MR) is 67.0 cm³/mol. The number of hydrogen-bond acceptors (Lipinski definition) is 1. The van der Waals surface area contributed by atoms with Crippen molar-refractivity contribution in [3.05, 3.63) is 42.0 Å². The number of carbonyl (C=O) groups excluding carboxylic acids is 1. The predicted octanol–water partition coefficient (Wildman–Crippen LogP) is 3.71. The molecule has 1 fully saturated rings. The Hall–Kier alpha value is -1.37. The minimum absolute atomic E-state index is 0.264. The molecule has 2 unspecified atom stereocenters. The van der Waals surface area contributed by atoms with Crippen LogP contribution in [-0.4, -0.2) is 5.78 Å². The van der Waals surface area contributed by atoms with Crippen LogP contribution in [0.15, 0.2) is 36.4 Å². The highest BCUT2D eigenvalue weighted by Crippen LogP contribution is 2.29. The van der Waals surface area contributed by atoms with Crippen molar-refractivity contribution in [1.29, 1.82) is 0 Å². The molecule has 1 heteroatoms. The molecule has 0 amide bonds. The SMILES string of the molecule is CC(/C=C/c1ccccc1)C1CCCC1=O. The Kier molecular flexibility index (Phi) is 3.55. The van der Waals surface area contributed by atoms with E-state index in [-0.39, 0.29) is 5.92 Å². The molecule has 0 radical (unpaired) electrons. The summed E-state index contributed by atoms with van der Waals surface area (Å²) in [5.41, 5.74) is 1.21. The summed E-state index contributed by atoms with van der Waals surface area (Å²) in [6, 6.07) is 10.2. The van der Waals surface area contributed by atoms with Gasteiger partial charge in [-0.25, -0.2) is 0 Å². The zero-order valence-corrected chi connectivity index (χ0v) is 9.73. The molecule has 2 rings (SSSR count). The summed E-state index contributed by atoms with van der Waals surface area (Å²) in [6.45, 7) is 2.15. The molecular weight excluding hydrogens is 196 g/mol. The molecule has 84 valence electrons. The smallest absolute Gasteiger partial charge is 0.136 e. The Bertz CT molecular complexity index is 378. The third-order valence-electron chi connectivity index (χ3n) is 3.38. The van der Waals surface area contributed by atoms with E-state index in [1.807, 2.05) is 18.2 Å². The molecule has 0 aliphatic heterocycles. The maximum Gasteiger partial charge on any atom is 0.136 e. The van der Waals surface area contributed by atoms with Crippen LogP contribution >= 0.6 is 0 Å². The highest BCUT2D eigenvalue weighted by Gasteiger charge is 2.27. The molecule has 1 aromatic rings. The van der Waals surface area contributed by atoms with Crippen molar-refractivity contribution in [2.75, 3.05) is 0 Å². The Balaban J connectivity index is 1.99. The van der Waals surface area contributed by atoms with Crippen LogP contribution in [-0.2, 0) is 4.79 Å². The van der Waals surface area contributed by atoms with E-state index in [4.69, 9.17) is 0 Å². The maximum absolute atomic E-state index is 11.6. The van der Waals surface area contributed by atoms with E-state index >= 15 is 0 Å². The molecule has 16 heavy (non-hydrogen) atoms. The summed E-state index contributed by atoms with van der Waals surface area (Å²) in [7, 11) is 0. The first kappa shape index (κ1) is 11.1. The molecular formula is C15H18O. The van der Waals surface area contributed by atoms with Crippen molar-refractivity contribution in [1.82, 2.24) is 0 Å². The summed E-state index contributed by atoms with van der Waals surface area (Å²) >= 11 is 0. The van der Waals surface area contributed by atoms with E-state index in [0.29, 0.717) is 11.7 Å². The van der Waals surface area contributed by atoms with Crippen LogP contribution in [0.25, 0.3) is 6.08 Å². The number of rotatable bonds is 3. The third-order valence-corrected chi connectivity index (χ3v) is 3.38. The molecule has 0 aromatic heterocycles. The van der Waals surface area contributed by atoms with Gasteiger partial charge in [-0.2, -0.15) is 0 Å². The summed E-state index contributed by atoms with van der Waals surface area (Å²) in [4.78, 5) is 11.6. The van der Waals surface area contributed by atoms with Crippen LogP contribution < -0.4 is 0 Å². The maximum atomic E-state index is 11.6. The van der Waals surface area contributed by atoms with Crippen molar-refractivity contribution in [2.45, 2.75) is 26.2 Å². The van der Waals surface area contributed by atoms with Crippen LogP contribution in [0, 0.1) is 11.8 Å². The van der Waals surface area contributed by atoms with Gasteiger partial charge >= 0.3 is 0 Å². The lowest BCUT2D eigenvalue weighted by atomic mass is 9.91. The van der Waals surface area contributed by atoms with Gasteiger partial charge in [0.1, 0.15) is 5.78 Å². The number of benzene rings is 1. The van der Waals surface area contributed by atoms with Crippen LogP contribution in [0.1, 0.15) is 31.7 Å². The standard InChI is InChI=1S/C15H18O/c1-12(14-8-5-9-15(14)16)10-11-13-6-3-2-4-7-13/h2-4,6-7,10-12,14H,5,8-9H2,1H3/b11-10+. The van der Waals surface area contributed by atoms with Gasteiger partial charge in [-0.1, -0.05) is 49.4 Å². The largest absolute Gasteiger partial charge is 0.299 e. The first-order valence-corrected chi connectivity index (χ1v) is 6.03. The van der Waals surface area contributed by atoms with E-state index in [9.17, 15) is 4.79 Å². The monoisotopic (exact) mass is 214 g/mol. The summed E-state index contributed by atoms with van der Waals surface area (Å²) < 4.78 is 0. The van der Waals surface area contributed by atoms with Gasteiger partial charge in [-0.05, 0) is 24.3 Å². The van der Waals surface area contributed by atoms with Gasteiger partial charge in [0, 0.05) is 12.3 Å². The Morgan fingerprint density at radius 2 is 2.06 bits per heavy atom. The van der Waals surface area contributed by atoms with Gasteiger partial charge in [-0.3, -0.25) is 4.79 Å². The van der Waals surface area contributed by atoms with Crippen molar-refractivity contribution in [2.24, 2.45) is 11.8 Å². The minimum atomic E-state index is 0.264. The van der Waals surface area contributed by atoms with Crippen molar-refractivity contribution < 1.29 is 4.79 Å². The number of carbonyl (C=O) groups is 1. The fourth-order valence-electron chi connectivity index (χ4n) is 2.36. The first-order valence-electron chi connectivity index (χ1n) is 6.03. The Morgan fingerprint density at radius 1 is 1.31 bits per heavy atom. The van der Waals surface area contributed by atoms with Crippen molar-refractivity contribution in [3.63, 3.8) is 0 Å². The van der Waals surface area contributed by atoms with E-state index in [2.05, 4.69) is 31.2 Å². The van der Waals surface area contributed by atoms with Gasteiger partial charge in [0.05, 0.1) is 0 Å². The number of hydrogen-bond donors (Lipinski definition) is 0. The topological polar surface area (TPSA) is 17.1 Å². The number of ketones is 1. The second-order valence-electron chi connectivity index (χ2n) is 4.59. The van der Waals surface area contributed by atoms with Crippen LogP contribution in [0.5, 0.6) is 0 Å². The molecule has 0 bridgehead atoms. The summed E-state index contributed by atoms with van der Waals surface area (Å²) in [5, 5.41) is 0. The zero-order valence-electron chi connectivity index (χ0n) is 9.73. The normalized spacial score (nSPS) is 22.8. The van der Waals surface area contributed by atoms with Crippen LogP contribution in [0.4, 0.5) is 0 Å². The van der Waals surface area contributed by atoms with E-state index < -0.39 is 0 Å². The average molecular weight is 214 g/mol. The number of allylic oxidation sites excluding steroid dienone is 1. The van der Waals surface area contributed by atoms with Gasteiger partial charge in [-0.15, -0.1) is 0 Å². The van der Waals surface area contributed by atoms with Crippen molar-refractivity contribution in [3.8, 4) is 0 Å². The second kappa shape index (κ2) is 5.11. The highest BCUT2D eigenvalue weighted by atomic mass is 16.1. The number of Topliss-reactive ketones (excluding diaryl/α,β-unsaturated/α-hetero) is 1. The Morgan fingerprint density at radius 3 is 2.69 bits per heavy atom. The van der Waals surface area contributed by atoms with E-state index in [1.54, 1.807) is 0 Å². The molecule has 1 aromatic carbocycles. The van der Waals surface area contributed by atoms with Crippen LogP contribution in [0.3, 0.4) is 0 Å². The van der Waals surface area contributed by atoms with Gasteiger partial charge in [0.15, 0.2) is 0 Å². The molecule has 1 aliphatic carbocycles. The van der Waals surface area contributed by atoms with Gasteiger partial charge in [0.2, 0.25) is 0 Å². The third kappa shape index (κ3) is 2.60. The summed E-state index contributed by atoms with van der Waals surface area (Å²) in [5.74, 6) is 1.08. The summed E-state index contributed by atoms with van der Waals surface area (Å²) in [6.07, 6.45) is 7.22. The van der Waals surface area contributed by atoms with Gasteiger partial charge < -0.3 is 0 Å². The molecule has 0 heterocycles. The first-order chi connectivity index (χ1) is 7.77. The molecule has 2 atom stereocenters. The van der Waals surface area contributed by atoms with Crippen LogP contribution in [0.2, 0.25) is 0 Å². The average Bonchev–Trinajstić information content (AvgIpc) is 2.74. The molecule has 0 saturated heterocycles. The fourth-order valence-corrected chi connectivity index (χ4v) is 2.36. The fraction of sp³-hybridized carbons (Fsp3) is 0.400. The zero-order chi connectivity index (χ0) is 11.4. The van der Waals surface area contributed by atoms with E-state index in [0.717, 1.165) is 19.3 Å². The molecule has 0 N–H and O–H groups in total. The molecule has 0 spiro atoms. The minimum Gasteiger partial charge on any atom is -0.299 e. The lowest BCUT2D eigenvalue weighted by Crippen LogP contribution is -2.13. The molecule has 1 nitrogen and oxygen atoms in total. The van der Waals surface area contributed by atoms with Gasteiger partial charge in [0.25, 0.3) is 0 Å². The lowest BCUT2D eigenvalue weighted by molar-refractivity contribution is -0.121.